The van der Waals surface area contributed by atoms with Crippen LogP contribution in [0.1, 0.15) is 44.6 Å². The molecule has 0 aliphatic carbocycles. The van der Waals surface area contributed by atoms with Crippen LogP contribution in [0.25, 0.3) is 16.9 Å². The van der Waals surface area contributed by atoms with Crippen LogP contribution in [0.15, 0.2) is 89.9 Å². The van der Waals surface area contributed by atoms with Gasteiger partial charge in [0.2, 0.25) is 0 Å². The average Bonchev–Trinajstić information content (AvgIpc) is 3.30. The molecule has 0 radical (unpaired) electrons. The lowest BCUT2D eigenvalue weighted by atomic mass is 10.1. The number of rotatable bonds is 11. The largest absolute Gasteiger partial charge is 0.493 e. The first kappa shape index (κ1) is 23.8. The van der Waals surface area contributed by atoms with E-state index in [4.69, 9.17) is 26.4 Å². The number of hydrogen-bond donors (Lipinski definition) is 0. The topological polar surface area (TPSA) is 39.4 Å². The van der Waals surface area contributed by atoms with Gasteiger partial charge in [-0.25, -0.2) is 9.67 Å². The highest BCUT2D eigenvalue weighted by atomic mass is 35.5. The fourth-order valence-electron chi connectivity index (χ4n) is 3.73. The van der Waals surface area contributed by atoms with Gasteiger partial charge in [0.05, 0.1) is 18.0 Å². The molecule has 4 aromatic rings. The lowest BCUT2D eigenvalue weighted by Gasteiger charge is -2.09. The molecule has 0 atom stereocenters. The molecule has 0 spiro atoms. The third kappa shape index (κ3) is 6.36. The van der Waals surface area contributed by atoms with Gasteiger partial charge in [0.25, 0.3) is 0 Å². The van der Waals surface area contributed by atoms with Crippen molar-refractivity contribution >= 4 is 23.6 Å². The Hall–Kier alpha value is -3.37. The molecule has 0 unspecified atom stereocenters. The van der Waals surface area contributed by atoms with Crippen molar-refractivity contribution in [3.8, 4) is 22.7 Å². The SMILES string of the molecule is CCCCCCCOc1ccccc1C=Nc1cc(-c2ccc(Cl)cc2)nn1-c1ccccc1. The fraction of sp³-hybridized carbons (Fsp3) is 0.241. The molecule has 0 aliphatic rings. The van der Waals surface area contributed by atoms with E-state index in [2.05, 4.69) is 6.92 Å². The second kappa shape index (κ2) is 12.2. The van der Waals surface area contributed by atoms with E-state index in [0.717, 1.165) is 47.1 Å². The van der Waals surface area contributed by atoms with Crippen molar-refractivity contribution in [3.63, 3.8) is 0 Å². The van der Waals surface area contributed by atoms with Crippen molar-refractivity contribution in [3.05, 3.63) is 95.5 Å². The molecule has 174 valence electrons. The number of aliphatic imine (C=N–C) groups is 1. The molecular formula is C29H30ClN3O. The van der Waals surface area contributed by atoms with E-state index in [-0.39, 0.29) is 0 Å². The monoisotopic (exact) mass is 471 g/mol. The molecule has 0 saturated heterocycles. The zero-order valence-corrected chi connectivity index (χ0v) is 20.3. The lowest BCUT2D eigenvalue weighted by Crippen LogP contribution is -2.00. The number of aromatic nitrogens is 2. The van der Waals surface area contributed by atoms with Crippen LogP contribution in [0.2, 0.25) is 5.02 Å². The molecule has 0 saturated carbocycles. The van der Waals surface area contributed by atoms with Crippen LogP contribution in [0.5, 0.6) is 5.75 Å². The Labute approximate surface area is 206 Å². The number of halogens is 1. The molecular weight excluding hydrogens is 442 g/mol. The van der Waals surface area contributed by atoms with Gasteiger partial charge in [0, 0.05) is 28.4 Å². The predicted molar refractivity (Wildman–Crippen MR) is 142 cm³/mol. The van der Waals surface area contributed by atoms with Gasteiger partial charge in [0.1, 0.15) is 5.75 Å². The van der Waals surface area contributed by atoms with Crippen molar-refractivity contribution in [2.75, 3.05) is 6.61 Å². The third-order valence-electron chi connectivity index (χ3n) is 5.59. The van der Waals surface area contributed by atoms with Crippen LogP contribution in [0.3, 0.4) is 0 Å². The zero-order chi connectivity index (χ0) is 23.6. The molecule has 0 bridgehead atoms. The van der Waals surface area contributed by atoms with Gasteiger partial charge in [-0.15, -0.1) is 0 Å². The average molecular weight is 472 g/mol. The number of hydrogen-bond acceptors (Lipinski definition) is 3. The minimum atomic E-state index is 0.700. The maximum atomic E-state index is 6.08. The van der Waals surface area contributed by atoms with Crippen molar-refractivity contribution in [2.45, 2.75) is 39.0 Å². The number of benzene rings is 3. The van der Waals surface area contributed by atoms with Gasteiger partial charge < -0.3 is 4.74 Å². The molecule has 1 heterocycles. The summed E-state index contributed by atoms with van der Waals surface area (Å²) in [5.74, 6) is 1.59. The number of nitrogens with zero attached hydrogens (tertiary/aromatic N) is 3. The number of ether oxygens (including phenoxy) is 1. The summed E-state index contributed by atoms with van der Waals surface area (Å²) >= 11 is 6.07. The van der Waals surface area contributed by atoms with E-state index in [0.29, 0.717) is 5.02 Å². The van der Waals surface area contributed by atoms with E-state index >= 15 is 0 Å². The lowest BCUT2D eigenvalue weighted by molar-refractivity contribution is 0.304. The van der Waals surface area contributed by atoms with Crippen molar-refractivity contribution in [2.24, 2.45) is 4.99 Å². The smallest absolute Gasteiger partial charge is 0.156 e. The standard InChI is InChI=1S/C29H30ClN3O/c1-2-3-4-5-11-20-34-28-15-10-9-12-24(28)22-31-29-21-27(23-16-18-25(30)19-17-23)32-33(29)26-13-7-6-8-14-26/h6-10,12-19,21-22H,2-5,11,20H2,1H3. The highest BCUT2D eigenvalue weighted by Crippen LogP contribution is 2.28. The van der Waals surface area contributed by atoms with Gasteiger partial charge in [-0.05, 0) is 42.8 Å². The quantitative estimate of drug-likeness (QED) is 0.163. The number of para-hydroxylation sites is 2. The van der Waals surface area contributed by atoms with E-state index in [1.807, 2.05) is 95.8 Å². The Morgan fingerprint density at radius 1 is 0.882 bits per heavy atom. The molecule has 0 amide bonds. The van der Waals surface area contributed by atoms with Crippen LogP contribution < -0.4 is 4.74 Å². The van der Waals surface area contributed by atoms with Gasteiger partial charge in [0.15, 0.2) is 5.82 Å². The van der Waals surface area contributed by atoms with Crippen molar-refractivity contribution < 1.29 is 4.74 Å². The Morgan fingerprint density at radius 2 is 1.62 bits per heavy atom. The molecule has 34 heavy (non-hydrogen) atoms. The molecule has 0 aliphatic heterocycles. The Balaban J connectivity index is 1.57. The molecule has 4 nitrogen and oxygen atoms in total. The van der Waals surface area contributed by atoms with Crippen LogP contribution >= 0.6 is 11.6 Å². The summed E-state index contributed by atoms with van der Waals surface area (Å²) in [5.41, 5.74) is 3.73. The summed E-state index contributed by atoms with van der Waals surface area (Å²) in [6.07, 6.45) is 7.93. The predicted octanol–water partition coefficient (Wildman–Crippen LogP) is 8.29. The van der Waals surface area contributed by atoms with E-state index in [1.165, 1.54) is 25.7 Å². The highest BCUT2D eigenvalue weighted by molar-refractivity contribution is 6.30. The maximum Gasteiger partial charge on any atom is 0.156 e. The maximum absolute atomic E-state index is 6.08. The first-order valence-corrected chi connectivity index (χ1v) is 12.3. The third-order valence-corrected chi connectivity index (χ3v) is 5.84. The zero-order valence-electron chi connectivity index (χ0n) is 19.5. The van der Waals surface area contributed by atoms with Gasteiger partial charge in [-0.3, -0.25) is 0 Å². The molecule has 0 N–H and O–H groups in total. The summed E-state index contributed by atoms with van der Waals surface area (Å²) in [6, 6.07) is 27.7. The number of unbranched alkanes of at least 4 members (excludes halogenated alkanes) is 4. The summed E-state index contributed by atoms with van der Waals surface area (Å²) in [4.78, 5) is 4.82. The molecule has 0 fully saturated rings. The summed E-state index contributed by atoms with van der Waals surface area (Å²) in [6.45, 7) is 2.95. The molecule has 5 heteroatoms. The van der Waals surface area contributed by atoms with Crippen molar-refractivity contribution in [1.82, 2.24) is 9.78 Å². The summed E-state index contributed by atoms with van der Waals surface area (Å²) in [7, 11) is 0. The molecule has 4 rings (SSSR count). The van der Waals surface area contributed by atoms with Gasteiger partial charge in [-0.2, -0.15) is 5.10 Å². The van der Waals surface area contributed by atoms with Crippen LogP contribution in [0, 0.1) is 0 Å². The van der Waals surface area contributed by atoms with Crippen LogP contribution in [-0.2, 0) is 0 Å². The van der Waals surface area contributed by atoms with Crippen LogP contribution in [0.4, 0.5) is 5.82 Å². The molecule has 3 aromatic carbocycles. The first-order chi connectivity index (χ1) is 16.7. The highest BCUT2D eigenvalue weighted by Gasteiger charge is 2.11. The van der Waals surface area contributed by atoms with E-state index in [9.17, 15) is 0 Å². The van der Waals surface area contributed by atoms with E-state index in [1.54, 1.807) is 0 Å². The van der Waals surface area contributed by atoms with Crippen molar-refractivity contribution in [1.29, 1.82) is 0 Å². The van der Waals surface area contributed by atoms with Gasteiger partial charge in [-0.1, -0.05) is 86.7 Å². The minimum absolute atomic E-state index is 0.700. The Bertz CT molecular complexity index is 1200. The van der Waals surface area contributed by atoms with Gasteiger partial charge >= 0.3 is 0 Å². The summed E-state index contributed by atoms with van der Waals surface area (Å²) < 4.78 is 7.94. The second-order valence-electron chi connectivity index (χ2n) is 8.20. The second-order valence-corrected chi connectivity index (χ2v) is 8.64. The normalized spacial score (nSPS) is 11.2. The fourth-order valence-corrected chi connectivity index (χ4v) is 3.85. The Kier molecular flexibility index (Phi) is 8.53. The summed E-state index contributed by atoms with van der Waals surface area (Å²) in [5, 5.41) is 5.53. The minimum Gasteiger partial charge on any atom is -0.493 e. The molecule has 1 aromatic heterocycles. The van der Waals surface area contributed by atoms with E-state index < -0.39 is 0 Å². The Morgan fingerprint density at radius 3 is 2.41 bits per heavy atom. The first-order valence-electron chi connectivity index (χ1n) is 11.9. The van der Waals surface area contributed by atoms with Crippen LogP contribution in [-0.4, -0.2) is 22.6 Å².